The first-order valence-corrected chi connectivity index (χ1v) is 4.16. The molecule has 0 aliphatic carbocycles. The van der Waals surface area contributed by atoms with Crippen LogP contribution in [0.3, 0.4) is 0 Å². The van der Waals surface area contributed by atoms with E-state index in [1.54, 1.807) is 13.3 Å². The van der Waals surface area contributed by atoms with Gasteiger partial charge in [0, 0.05) is 19.3 Å². The van der Waals surface area contributed by atoms with Gasteiger partial charge in [0.05, 0.1) is 7.11 Å². The van der Waals surface area contributed by atoms with Gasteiger partial charge in [-0.2, -0.15) is 0 Å². The molecule has 0 spiro atoms. The molecule has 0 bridgehead atoms. The first kappa shape index (κ1) is 7.40. The first-order chi connectivity index (χ1) is 5.92. The predicted octanol–water partition coefficient (Wildman–Crippen LogP) is 1.30. The van der Waals surface area contributed by atoms with Gasteiger partial charge in [-0.25, -0.2) is 4.98 Å². The minimum atomic E-state index is 0.872. The number of aromatic nitrogens is 1. The topological polar surface area (TPSA) is 25.4 Å². The molecule has 3 nitrogen and oxygen atoms in total. The minimum absolute atomic E-state index is 0.872. The lowest BCUT2D eigenvalue weighted by Gasteiger charge is -2.32. The zero-order valence-electron chi connectivity index (χ0n) is 7.16. The number of methoxy groups -OCH3 is 1. The number of hydrogen-bond donors (Lipinski definition) is 0. The van der Waals surface area contributed by atoms with Gasteiger partial charge < -0.3 is 9.64 Å². The van der Waals surface area contributed by atoms with Gasteiger partial charge in [0.1, 0.15) is 0 Å². The SMILES string of the molecule is COc1cccnc1N1CCC1. The van der Waals surface area contributed by atoms with E-state index in [2.05, 4.69) is 9.88 Å². The highest BCUT2D eigenvalue weighted by Gasteiger charge is 2.18. The van der Waals surface area contributed by atoms with Gasteiger partial charge in [-0.05, 0) is 18.6 Å². The summed E-state index contributed by atoms with van der Waals surface area (Å²) in [6.07, 6.45) is 3.07. The first-order valence-electron chi connectivity index (χ1n) is 4.16. The summed E-state index contributed by atoms with van der Waals surface area (Å²) >= 11 is 0. The molecule has 3 heteroatoms. The van der Waals surface area contributed by atoms with E-state index in [4.69, 9.17) is 4.74 Å². The van der Waals surface area contributed by atoms with E-state index < -0.39 is 0 Å². The Hall–Kier alpha value is -1.25. The van der Waals surface area contributed by atoms with Crippen molar-refractivity contribution in [3.63, 3.8) is 0 Å². The third-order valence-electron chi connectivity index (χ3n) is 2.13. The van der Waals surface area contributed by atoms with Crippen LogP contribution >= 0.6 is 0 Å². The molecule has 1 aromatic heterocycles. The standard InChI is InChI=1S/C9H12N2O/c1-12-8-4-2-5-10-9(8)11-6-3-7-11/h2,4-5H,3,6-7H2,1H3. The summed E-state index contributed by atoms with van der Waals surface area (Å²) in [6, 6.07) is 3.84. The third-order valence-corrected chi connectivity index (χ3v) is 2.13. The second kappa shape index (κ2) is 3.01. The van der Waals surface area contributed by atoms with Crippen molar-refractivity contribution in [3.05, 3.63) is 18.3 Å². The van der Waals surface area contributed by atoms with Crippen molar-refractivity contribution >= 4 is 5.82 Å². The van der Waals surface area contributed by atoms with E-state index in [0.29, 0.717) is 0 Å². The Morgan fingerprint density at radius 1 is 1.50 bits per heavy atom. The molecule has 1 saturated heterocycles. The summed E-state index contributed by atoms with van der Waals surface area (Å²) in [7, 11) is 1.68. The molecule has 0 amide bonds. The van der Waals surface area contributed by atoms with E-state index in [0.717, 1.165) is 24.7 Å². The molecule has 1 aliphatic heterocycles. The number of pyridine rings is 1. The summed E-state index contributed by atoms with van der Waals surface area (Å²) in [6.45, 7) is 2.21. The van der Waals surface area contributed by atoms with Gasteiger partial charge in [-0.3, -0.25) is 0 Å². The lowest BCUT2D eigenvalue weighted by Crippen LogP contribution is -2.37. The predicted molar refractivity (Wildman–Crippen MR) is 47.6 cm³/mol. The summed E-state index contributed by atoms with van der Waals surface area (Å²) in [5.41, 5.74) is 0. The van der Waals surface area contributed by atoms with Crippen LogP contribution in [0, 0.1) is 0 Å². The molecule has 64 valence electrons. The molecule has 0 N–H and O–H groups in total. The maximum absolute atomic E-state index is 5.20. The second-order valence-electron chi connectivity index (χ2n) is 2.87. The van der Waals surface area contributed by atoms with Crippen molar-refractivity contribution in [2.75, 3.05) is 25.1 Å². The molecular weight excluding hydrogens is 152 g/mol. The fourth-order valence-electron chi connectivity index (χ4n) is 1.31. The molecule has 12 heavy (non-hydrogen) atoms. The van der Waals surface area contributed by atoms with Crippen LogP contribution in [0.1, 0.15) is 6.42 Å². The molecule has 0 unspecified atom stereocenters. The van der Waals surface area contributed by atoms with Crippen LogP contribution in [0.15, 0.2) is 18.3 Å². The van der Waals surface area contributed by atoms with Crippen molar-refractivity contribution in [1.29, 1.82) is 0 Å². The van der Waals surface area contributed by atoms with E-state index in [-0.39, 0.29) is 0 Å². The van der Waals surface area contributed by atoms with Crippen LogP contribution < -0.4 is 9.64 Å². The summed E-state index contributed by atoms with van der Waals surface area (Å²) in [5, 5.41) is 0. The Bertz CT molecular complexity index is 271. The number of hydrogen-bond acceptors (Lipinski definition) is 3. The molecule has 1 fully saturated rings. The smallest absolute Gasteiger partial charge is 0.171 e. The molecule has 1 aromatic rings. The molecule has 2 rings (SSSR count). The maximum Gasteiger partial charge on any atom is 0.171 e. The van der Waals surface area contributed by atoms with E-state index in [9.17, 15) is 0 Å². The minimum Gasteiger partial charge on any atom is -0.493 e. The van der Waals surface area contributed by atoms with Gasteiger partial charge in [-0.15, -0.1) is 0 Å². The Balaban J connectivity index is 2.27. The maximum atomic E-state index is 5.20. The molecule has 0 aromatic carbocycles. The summed E-state index contributed by atoms with van der Waals surface area (Å²) < 4.78 is 5.20. The van der Waals surface area contributed by atoms with Gasteiger partial charge in [0.25, 0.3) is 0 Å². The normalized spacial score (nSPS) is 15.6. The van der Waals surface area contributed by atoms with E-state index in [1.807, 2.05) is 12.1 Å². The van der Waals surface area contributed by atoms with Crippen LogP contribution in [-0.2, 0) is 0 Å². The number of nitrogens with zero attached hydrogens (tertiary/aromatic N) is 2. The second-order valence-corrected chi connectivity index (χ2v) is 2.87. The Kier molecular flexibility index (Phi) is 1.86. The quantitative estimate of drug-likeness (QED) is 0.658. The molecular formula is C9H12N2O. The fraction of sp³-hybridized carbons (Fsp3) is 0.444. The lowest BCUT2D eigenvalue weighted by atomic mass is 10.2. The Morgan fingerprint density at radius 3 is 2.92 bits per heavy atom. The van der Waals surface area contributed by atoms with Crippen molar-refractivity contribution < 1.29 is 4.74 Å². The molecule has 1 aliphatic rings. The Morgan fingerprint density at radius 2 is 2.33 bits per heavy atom. The average Bonchev–Trinajstić information content (AvgIpc) is 2.02. The fourth-order valence-corrected chi connectivity index (χ4v) is 1.31. The molecule has 2 heterocycles. The summed E-state index contributed by atoms with van der Waals surface area (Å²) in [4.78, 5) is 6.49. The third kappa shape index (κ3) is 1.11. The monoisotopic (exact) mass is 164 g/mol. The van der Waals surface area contributed by atoms with Crippen LogP contribution in [-0.4, -0.2) is 25.2 Å². The van der Waals surface area contributed by atoms with Crippen molar-refractivity contribution in [1.82, 2.24) is 4.98 Å². The number of ether oxygens (including phenoxy) is 1. The molecule has 0 radical (unpaired) electrons. The largest absolute Gasteiger partial charge is 0.493 e. The van der Waals surface area contributed by atoms with Crippen molar-refractivity contribution in [3.8, 4) is 5.75 Å². The summed E-state index contributed by atoms with van der Waals surface area (Å²) in [5.74, 6) is 1.85. The van der Waals surface area contributed by atoms with Gasteiger partial charge >= 0.3 is 0 Å². The molecule has 0 atom stereocenters. The highest BCUT2D eigenvalue weighted by molar-refractivity contribution is 5.53. The number of rotatable bonds is 2. The van der Waals surface area contributed by atoms with Crippen LogP contribution in [0.4, 0.5) is 5.82 Å². The van der Waals surface area contributed by atoms with E-state index >= 15 is 0 Å². The van der Waals surface area contributed by atoms with Crippen LogP contribution in [0.5, 0.6) is 5.75 Å². The highest BCUT2D eigenvalue weighted by Crippen LogP contribution is 2.27. The van der Waals surface area contributed by atoms with E-state index in [1.165, 1.54) is 6.42 Å². The average molecular weight is 164 g/mol. The Labute approximate surface area is 72.0 Å². The van der Waals surface area contributed by atoms with Gasteiger partial charge in [0.2, 0.25) is 0 Å². The zero-order valence-corrected chi connectivity index (χ0v) is 7.16. The highest BCUT2D eigenvalue weighted by atomic mass is 16.5. The van der Waals surface area contributed by atoms with Crippen molar-refractivity contribution in [2.45, 2.75) is 6.42 Å². The zero-order chi connectivity index (χ0) is 8.39. The van der Waals surface area contributed by atoms with Crippen molar-refractivity contribution in [2.24, 2.45) is 0 Å². The van der Waals surface area contributed by atoms with Gasteiger partial charge in [-0.1, -0.05) is 0 Å². The van der Waals surface area contributed by atoms with Gasteiger partial charge in [0.15, 0.2) is 11.6 Å². The van der Waals surface area contributed by atoms with Crippen LogP contribution in [0.2, 0.25) is 0 Å². The number of anilines is 1. The lowest BCUT2D eigenvalue weighted by molar-refractivity contribution is 0.409. The van der Waals surface area contributed by atoms with Crippen LogP contribution in [0.25, 0.3) is 0 Å². The molecule has 0 saturated carbocycles.